The van der Waals surface area contributed by atoms with Gasteiger partial charge in [-0.05, 0) is 34.9 Å². The summed E-state index contributed by atoms with van der Waals surface area (Å²) in [7, 11) is 1.85. The fourth-order valence-electron chi connectivity index (χ4n) is 1.83. The quantitative estimate of drug-likeness (QED) is 0.832. The van der Waals surface area contributed by atoms with Crippen LogP contribution in [0.2, 0.25) is 0 Å². The molecule has 0 heterocycles. The fourth-order valence-corrected chi connectivity index (χ4v) is 1.83. The molecule has 0 aliphatic carbocycles. The molecule has 0 bridgehead atoms. The second kappa shape index (κ2) is 6.02. The molecule has 0 aliphatic rings. The normalized spacial score (nSPS) is 11.2. The number of rotatable bonds is 4. The van der Waals surface area contributed by atoms with Gasteiger partial charge in [0, 0.05) is 12.7 Å². The van der Waals surface area contributed by atoms with E-state index in [0.717, 1.165) is 22.9 Å². The molecular weight excluding hydrogens is 257 g/mol. The highest BCUT2D eigenvalue weighted by Gasteiger charge is 2.05. The van der Waals surface area contributed by atoms with Gasteiger partial charge in [-0.25, -0.2) is 4.79 Å². The third-order valence-electron chi connectivity index (χ3n) is 2.89. The first kappa shape index (κ1) is 13.8. The molecular formula is C16H14FNO2. The van der Waals surface area contributed by atoms with Crippen molar-refractivity contribution in [2.75, 3.05) is 12.4 Å². The lowest BCUT2D eigenvalue weighted by Crippen LogP contribution is -1.94. The molecule has 0 aliphatic heterocycles. The van der Waals surface area contributed by atoms with Crippen LogP contribution in [0.25, 0.3) is 17.2 Å². The number of aliphatic carboxylic acids is 1. The molecule has 0 saturated heterocycles. The summed E-state index contributed by atoms with van der Waals surface area (Å²) in [5.74, 6) is -2.73. The lowest BCUT2D eigenvalue weighted by Gasteiger charge is -2.05. The zero-order chi connectivity index (χ0) is 14.5. The number of anilines is 1. The number of hydrogen-bond acceptors (Lipinski definition) is 2. The number of hydrogen-bond donors (Lipinski definition) is 2. The van der Waals surface area contributed by atoms with E-state index >= 15 is 0 Å². The molecule has 4 heteroatoms. The first-order valence-electron chi connectivity index (χ1n) is 6.09. The number of carboxylic acids is 1. The number of carbonyl (C=O) groups is 1. The van der Waals surface area contributed by atoms with Crippen LogP contribution < -0.4 is 5.32 Å². The Bertz CT molecular complexity index is 648. The average Bonchev–Trinajstić information content (AvgIpc) is 2.48. The van der Waals surface area contributed by atoms with Gasteiger partial charge in [0.2, 0.25) is 5.83 Å². The number of nitrogens with one attached hydrogen (secondary N) is 1. The van der Waals surface area contributed by atoms with Gasteiger partial charge in [-0.1, -0.05) is 36.4 Å². The van der Waals surface area contributed by atoms with Gasteiger partial charge >= 0.3 is 5.97 Å². The van der Waals surface area contributed by atoms with Crippen molar-refractivity contribution in [3.63, 3.8) is 0 Å². The van der Waals surface area contributed by atoms with E-state index in [4.69, 9.17) is 5.11 Å². The van der Waals surface area contributed by atoms with E-state index in [0.29, 0.717) is 5.56 Å². The van der Waals surface area contributed by atoms with E-state index in [9.17, 15) is 9.18 Å². The van der Waals surface area contributed by atoms with Gasteiger partial charge < -0.3 is 10.4 Å². The molecule has 0 radical (unpaired) electrons. The molecule has 102 valence electrons. The molecule has 0 atom stereocenters. The fraction of sp³-hybridized carbons (Fsp3) is 0.0625. The number of benzene rings is 2. The average molecular weight is 271 g/mol. The van der Waals surface area contributed by atoms with E-state index in [2.05, 4.69) is 5.32 Å². The topological polar surface area (TPSA) is 49.3 Å². The second-order valence-corrected chi connectivity index (χ2v) is 4.25. The summed E-state index contributed by atoms with van der Waals surface area (Å²) in [5.41, 5.74) is 3.53. The zero-order valence-corrected chi connectivity index (χ0v) is 10.9. The highest BCUT2D eigenvalue weighted by Crippen LogP contribution is 2.23. The summed E-state index contributed by atoms with van der Waals surface area (Å²) in [5, 5.41) is 11.5. The van der Waals surface area contributed by atoms with Crippen molar-refractivity contribution in [3.05, 3.63) is 59.9 Å². The Labute approximate surface area is 116 Å². The summed E-state index contributed by atoms with van der Waals surface area (Å²) >= 11 is 0. The molecule has 2 aromatic carbocycles. The highest BCUT2D eigenvalue weighted by atomic mass is 19.1. The third-order valence-corrected chi connectivity index (χ3v) is 2.89. The van der Waals surface area contributed by atoms with Crippen LogP contribution in [0.4, 0.5) is 10.1 Å². The van der Waals surface area contributed by atoms with E-state index in [1.54, 1.807) is 12.1 Å². The lowest BCUT2D eigenvalue weighted by molar-refractivity contribution is -0.134. The second-order valence-electron chi connectivity index (χ2n) is 4.25. The number of carboxylic acid groups (broad SMARTS) is 1. The van der Waals surface area contributed by atoms with Crippen LogP contribution in [-0.2, 0) is 4.79 Å². The molecule has 2 aromatic rings. The molecule has 0 aromatic heterocycles. The molecule has 20 heavy (non-hydrogen) atoms. The third kappa shape index (κ3) is 3.23. The Balaban J connectivity index is 2.28. The molecule has 2 N–H and O–H groups in total. The number of halogens is 1. The maximum absolute atomic E-state index is 13.0. The van der Waals surface area contributed by atoms with Gasteiger partial charge in [-0.2, -0.15) is 4.39 Å². The monoisotopic (exact) mass is 271 g/mol. The van der Waals surface area contributed by atoms with Crippen LogP contribution in [0.3, 0.4) is 0 Å². The van der Waals surface area contributed by atoms with E-state index in [1.807, 2.05) is 43.4 Å². The molecule has 0 saturated carbocycles. The maximum Gasteiger partial charge on any atom is 0.364 e. The van der Waals surface area contributed by atoms with Crippen molar-refractivity contribution in [1.29, 1.82) is 0 Å². The van der Waals surface area contributed by atoms with Crippen molar-refractivity contribution in [1.82, 2.24) is 0 Å². The predicted molar refractivity (Wildman–Crippen MR) is 78.1 cm³/mol. The van der Waals surface area contributed by atoms with Gasteiger partial charge in [0.1, 0.15) is 0 Å². The summed E-state index contributed by atoms with van der Waals surface area (Å²) in [6.07, 6.45) is 0.996. The van der Waals surface area contributed by atoms with Crippen LogP contribution in [0.5, 0.6) is 0 Å². The van der Waals surface area contributed by atoms with E-state index < -0.39 is 11.8 Å². The molecule has 3 nitrogen and oxygen atoms in total. The summed E-state index contributed by atoms with van der Waals surface area (Å²) in [6, 6.07) is 14.9. The Morgan fingerprint density at radius 1 is 1.15 bits per heavy atom. The van der Waals surface area contributed by atoms with Crippen LogP contribution >= 0.6 is 0 Å². The predicted octanol–water partition coefficient (Wildman–Crippen LogP) is 3.79. The highest BCUT2D eigenvalue weighted by molar-refractivity contribution is 5.89. The van der Waals surface area contributed by atoms with Gasteiger partial charge in [0.15, 0.2) is 0 Å². The minimum atomic E-state index is -1.56. The molecule has 2 rings (SSSR count). The Morgan fingerprint density at radius 2 is 1.85 bits per heavy atom. The van der Waals surface area contributed by atoms with Gasteiger partial charge in [0.05, 0.1) is 0 Å². The molecule has 0 unspecified atom stereocenters. The SMILES string of the molecule is CNc1cccc(-c2ccc(C=C(F)C(=O)O)cc2)c1. The Hall–Kier alpha value is -2.62. The first-order chi connectivity index (χ1) is 9.60. The summed E-state index contributed by atoms with van der Waals surface area (Å²) in [6.45, 7) is 0. The van der Waals surface area contributed by atoms with Crippen LogP contribution in [0.1, 0.15) is 5.56 Å². The minimum Gasteiger partial charge on any atom is -0.476 e. The first-order valence-corrected chi connectivity index (χ1v) is 6.09. The summed E-state index contributed by atoms with van der Waals surface area (Å²) < 4.78 is 13.0. The largest absolute Gasteiger partial charge is 0.476 e. The van der Waals surface area contributed by atoms with Crippen molar-refractivity contribution in [2.24, 2.45) is 0 Å². The zero-order valence-electron chi connectivity index (χ0n) is 10.9. The maximum atomic E-state index is 13.0. The Kier molecular flexibility index (Phi) is 4.15. The van der Waals surface area contributed by atoms with Gasteiger partial charge in [-0.15, -0.1) is 0 Å². The molecule has 0 fully saturated rings. The van der Waals surface area contributed by atoms with E-state index in [-0.39, 0.29) is 0 Å². The lowest BCUT2D eigenvalue weighted by atomic mass is 10.0. The Morgan fingerprint density at radius 3 is 2.45 bits per heavy atom. The van der Waals surface area contributed by atoms with Crippen molar-refractivity contribution < 1.29 is 14.3 Å². The van der Waals surface area contributed by atoms with Gasteiger partial charge in [-0.3, -0.25) is 0 Å². The van der Waals surface area contributed by atoms with E-state index in [1.165, 1.54) is 0 Å². The van der Waals surface area contributed by atoms with Crippen molar-refractivity contribution in [2.45, 2.75) is 0 Å². The smallest absolute Gasteiger partial charge is 0.364 e. The summed E-state index contributed by atoms with van der Waals surface area (Å²) in [4.78, 5) is 10.4. The van der Waals surface area contributed by atoms with Crippen LogP contribution in [-0.4, -0.2) is 18.1 Å². The van der Waals surface area contributed by atoms with Crippen molar-refractivity contribution >= 4 is 17.7 Å². The van der Waals surface area contributed by atoms with Crippen LogP contribution in [0.15, 0.2) is 54.4 Å². The van der Waals surface area contributed by atoms with Gasteiger partial charge in [0.25, 0.3) is 0 Å². The molecule has 0 spiro atoms. The molecule has 0 amide bonds. The van der Waals surface area contributed by atoms with Crippen LogP contribution in [0, 0.1) is 0 Å². The minimum absolute atomic E-state index is 0.512. The van der Waals surface area contributed by atoms with Crippen molar-refractivity contribution in [3.8, 4) is 11.1 Å². The standard InChI is InChI=1S/C16H14FNO2/c1-18-14-4-2-3-13(10-14)12-7-5-11(6-8-12)9-15(17)16(19)20/h2-10,18H,1H3,(H,19,20).